The Labute approximate surface area is 275 Å². The molecule has 1 saturated heterocycles. The fraction of sp³-hybridized carbons (Fsp3) is 0.485. The van der Waals surface area contributed by atoms with Crippen molar-refractivity contribution in [3.8, 4) is 0 Å². The molecule has 1 aliphatic heterocycles. The highest BCUT2D eigenvalue weighted by Gasteiger charge is 2.40. The van der Waals surface area contributed by atoms with E-state index in [-0.39, 0.29) is 42.3 Å². The van der Waals surface area contributed by atoms with Gasteiger partial charge in [-0.1, -0.05) is 64.1 Å². The molecule has 1 fully saturated rings. The van der Waals surface area contributed by atoms with Crippen molar-refractivity contribution in [1.29, 1.82) is 0 Å². The summed E-state index contributed by atoms with van der Waals surface area (Å²) in [6.07, 6.45) is -1.10. The lowest BCUT2D eigenvalue weighted by molar-refractivity contribution is -0.128. The number of carbonyl (C=O) groups excluding carboxylic acids is 2. The van der Waals surface area contributed by atoms with Gasteiger partial charge in [-0.05, 0) is 48.9 Å². The van der Waals surface area contributed by atoms with Gasteiger partial charge in [-0.3, -0.25) is 4.79 Å². The number of aromatic nitrogens is 1. The van der Waals surface area contributed by atoms with Crippen molar-refractivity contribution in [3.05, 3.63) is 82.1 Å². The Morgan fingerprint density at radius 3 is 2.41 bits per heavy atom. The number of hydrogen-bond donors (Lipinski definition) is 2. The normalized spacial score (nSPS) is 16.0. The first-order chi connectivity index (χ1) is 21.8. The molecule has 0 aliphatic carbocycles. The minimum absolute atomic E-state index is 0.0765. The van der Waals surface area contributed by atoms with Crippen molar-refractivity contribution in [3.63, 3.8) is 0 Å². The second-order valence-electron chi connectivity index (χ2n) is 12.5. The van der Waals surface area contributed by atoms with Gasteiger partial charge < -0.3 is 20.2 Å². The Bertz CT molecular complexity index is 1580. The zero-order valence-electron chi connectivity index (χ0n) is 27.0. The van der Waals surface area contributed by atoms with Crippen LogP contribution in [0.2, 0.25) is 0 Å². The van der Waals surface area contributed by atoms with E-state index in [9.17, 15) is 27.5 Å². The molecule has 3 amide bonds. The number of nitrogens with one attached hydrogen (secondary N) is 1. The van der Waals surface area contributed by atoms with Crippen molar-refractivity contribution in [2.24, 2.45) is 11.8 Å². The number of aliphatic hydroxyl groups excluding tert-OH is 1. The first kappa shape index (κ1) is 35.5. The largest absolute Gasteiger partial charge is 0.390 e. The van der Waals surface area contributed by atoms with Crippen LogP contribution in [0.25, 0.3) is 0 Å². The number of hydrogen-bond acceptors (Lipinski definition) is 7. The third-order valence-electron chi connectivity index (χ3n) is 7.87. The van der Waals surface area contributed by atoms with Gasteiger partial charge in [0.25, 0.3) is 0 Å². The highest BCUT2D eigenvalue weighted by molar-refractivity contribution is 7.89. The van der Waals surface area contributed by atoms with Crippen molar-refractivity contribution < 1.29 is 27.5 Å². The Balaban J connectivity index is 1.57. The zero-order chi connectivity index (χ0) is 33.6. The second-order valence-corrected chi connectivity index (χ2v) is 15.5. The van der Waals surface area contributed by atoms with Crippen LogP contribution in [0.3, 0.4) is 0 Å². The molecule has 1 unspecified atom stereocenters. The van der Waals surface area contributed by atoms with Crippen molar-refractivity contribution >= 4 is 33.3 Å². The van der Waals surface area contributed by atoms with Gasteiger partial charge in [0, 0.05) is 31.6 Å². The summed E-state index contributed by atoms with van der Waals surface area (Å²) >= 11 is 1.52. The van der Waals surface area contributed by atoms with Crippen LogP contribution in [-0.2, 0) is 27.8 Å². The Morgan fingerprint density at radius 1 is 1.09 bits per heavy atom. The average molecular weight is 674 g/mol. The predicted molar refractivity (Wildman–Crippen MR) is 176 cm³/mol. The van der Waals surface area contributed by atoms with E-state index < -0.39 is 39.9 Å². The molecule has 2 aromatic carbocycles. The summed E-state index contributed by atoms with van der Waals surface area (Å²) in [5.41, 5.74) is 1.63. The van der Waals surface area contributed by atoms with E-state index in [4.69, 9.17) is 0 Å². The number of aliphatic hydroxyl groups is 1. The molecule has 0 spiro atoms. The number of rotatable bonds is 15. The van der Waals surface area contributed by atoms with Gasteiger partial charge in [0.15, 0.2) is 0 Å². The van der Waals surface area contributed by atoms with Crippen LogP contribution in [0, 0.1) is 24.6 Å². The third kappa shape index (κ3) is 8.90. The van der Waals surface area contributed by atoms with Crippen LogP contribution in [-0.4, -0.2) is 88.9 Å². The van der Waals surface area contributed by atoms with Crippen LogP contribution in [0.4, 0.5) is 9.18 Å². The lowest BCUT2D eigenvalue weighted by Crippen LogP contribution is -2.57. The average Bonchev–Trinajstić information content (AvgIpc) is 3.57. The van der Waals surface area contributed by atoms with E-state index in [2.05, 4.69) is 10.3 Å². The summed E-state index contributed by atoms with van der Waals surface area (Å²) in [6, 6.07) is 12.1. The number of nitrogens with zero attached hydrogens (tertiary/aromatic N) is 4. The van der Waals surface area contributed by atoms with Crippen LogP contribution in [0.15, 0.2) is 64.9 Å². The van der Waals surface area contributed by atoms with Crippen molar-refractivity contribution in [2.75, 3.05) is 26.2 Å². The molecule has 1 aliphatic rings. The van der Waals surface area contributed by atoms with E-state index in [0.29, 0.717) is 19.6 Å². The van der Waals surface area contributed by atoms with E-state index in [0.717, 1.165) is 26.6 Å². The Morgan fingerprint density at radius 2 is 1.80 bits per heavy atom. The number of urea groups is 1. The number of amides is 3. The van der Waals surface area contributed by atoms with Crippen LogP contribution >= 0.6 is 11.3 Å². The van der Waals surface area contributed by atoms with Gasteiger partial charge >= 0.3 is 6.03 Å². The predicted octanol–water partition coefficient (Wildman–Crippen LogP) is 4.29. The quantitative estimate of drug-likeness (QED) is 0.248. The number of benzene rings is 2. The second kappa shape index (κ2) is 15.5. The van der Waals surface area contributed by atoms with Gasteiger partial charge in [0.05, 0.1) is 34.3 Å². The Hall–Kier alpha value is -3.39. The van der Waals surface area contributed by atoms with Crippen molar-refractivity contribution in [1.82, 2.24) is 24.4 Å². The van der Waals surface area contributed by atoms with E-state index >= 15 is 0 Å². The van der Waals surface area contributed by atoms with Gasteiger partial charge in [-0.25, -0.2) is 22.6 Å². The summed E-state index contributed by atoms with van der Waals surface area (Å²) < 4.78 is 42.4. The number of carbonyl (C=O) groups is 2. The highest BCUT2D eigenvalue weighted by atomic mass is 32.2. The number of halogens is 1. The molecule has 0 bridgehead atoms. The summed E-state index contributed by atoms with van der Waals surface area (Å²) in [7, 11) is -4.17. The number of thiazole rings is 1. The van der Waals surface area contributed by atoms with Gasteiger partial charge in [0.1, 0.15) is 11.9 Å². The number of aryl methyl sites for hydroxylation is 1. The van der Waals surface area contributed by atoms with Crippen molar-refractivity contribution in [2.45, 2.75) is 70.7 Å². The van der Waals surface area contributed by atoms with Crippen LogP contribution in [0.1, 0.15) is 44.0 Å². The third-order valence-corrected chi connectivity index (χ3v) is 10.5. The maximum Gasteiger partial charge on any atom is 0.321 e. The molecule has 4 rings (SSSR count). The molecule has 10 nitrogen and oxygen atoms in total. The van der Waals surface area contributed by atoms with Crippen LogP contribution in [0.5, 0.6) is 0 Å². The molecule has 0 saturated carbocycles. The van der Waals surface area contributed by atoms with E-state index in [1.54, 1.807) is 9.80 Å². The summed E-state index contributed by atoms with van der Waals surface area (Å²) in [4.78, 5) is 35.0. The molecule has 13 heteroatoms. The lowest BCUT2D eigenvalue weighted by atomic mass is 9.97. The molecular weight excluding hydrogens is 630 g/mol. The molecule has 46 heavy (non-hydrogen) atoms. The highest BCUT2D eigenvalue weighted by Crippen LogP contribution is 2.23. The van der Waals surface area contributed by atoms with Crippen LogP contribution < -0.4 is 5.32 Å². The molecule has 3 atom stereocenters. The number of sulfonamides is 1. The van der Waals surface area contributed by atoms with Gasteiger partial charge in [-0.2, -0.15) is 4.31 Å². The maximum absolute atomic E-state index is 14.0. The first-order valence-corrected chi connectivity index (χ1v) is 17.8. The monoisotopic (exact) mass is 673 g/mol. The SMILES string of the molecule is Cc1nc(CN2CCN(C(C(=O)N[C@@H](Cc3ccccc3)[C@H](O)CN(CC(C)C)S(=O)(=O)c3cccc(F)c3)C(C)C)C2=O)cs1. The Kier molecular flexibility index (Phi) is 11.9. The molecule has 2 heterocycles. The minimum atomic E-state index is -4.17. The van der Waals surface area contributed by atoms with Gasteiger partial charge in [0.2, 0.25) is 15.9 Å². The van der Waals surface area contributed by atoms with Gasteiger partial charge in [-0.15, -0.1) is 11.3 Å². The molecule has 2 N–H and O–H groups in total. The summed E-state index contributed by atoms with van der Waals surface area (Å²) in [5.74, 6) is -1.46. The fourth-order valence-electron chi connectivity index (χ4n) is 5.70. The molecular formula is C33H44FN5O5S2. The summed E-state index contributed by atoms with van der Waals surface area (Å²) in [6.45, 7) is 10.2. The van der Waals surface area contributed by atoms with E-state index in [1.807, 2.05) is 70.3 Å². The molecule has 1 aromatic heterocycles. The molecule has 3 aromatic rings. The smallest absolute Gasteiger partial charge is 0.321 e. The first-order valence-electron chi connectivity index (χ1n) is 15.5. The summed E-state index contributed by atoms with van der Waals surface area (Å²) in [5, 5.41) is 17.4. The standard InChI is InChI=1S/C33H44FN5O5S2/c1-22(2)18-38(46(43,44)28-13-9-12-26(34)17-28)20-30(40)29(16-25-10-7-6-8-11-25)36-32(41)31(23(3)4)39-15-14-37(33(39)42)19-27-21-45-24(5)35-27/h6-13,17,21-23,29-31,40H,14-16,18-20H2,1-5H3,(H,36,41)/t29-,30+,31?/m0/s1. The minimum Gasteiger partial charge on any atom is -0.390 e. The zero-order valence-corrected chi connectivity index (χ0v) is 28.6. The maximum atomic E-state index is 14.0. The van der Waals surface area contributed by atoms with E-state index in [1.165, 1.54) is 29.5 Å². The molecule has 0 radical (unpaired) electrons. The topological polar surface area (TPSA) is 123 Å². The molecule has 250 valence electrons. The fourth-order valence-corrected chi connectivity index (χ4v) is 7.95. The lowest BCUT2D eigenvalue weighted by Gasteiger charge is -2.34.